The molecule has 0 saturated carbocycles. The molecule has 1 heterocycles. The van der Waals surface area contributed by atoms with Crippen LogP contribution in [0.25, 0.3) is 15.9 Å². The SMILES string of the molecule is Cn1cc([N+]#N)c(=O)c2ccccc21. The van der Waals surface area contributed by atoms with Crippen LogP contribution in [-0.2, 0) is 7.05 Å². The molecular weight excluding hydrogens is 178 g/mol. The number of fused-ring (bicyclic) bond motifs is 1. The number of pyridine rings is 1. The van der Waals surface area contributed by atoms with E-state index in [4.69, 9.17) is 5.39 Å². The van der Waals surface area contributed by atoms with E-state index in [-0.39, 0.29) is 11.1 Å². The zero-order valence-electron chi connectivity index (χ0n) is 7.64. The Hall–Kier alpha value is -2.15. The van der Waals surface area contributed by atoms with Crippen LogP contribution < -0.4 is 5.43 Å². The van der Waals surface area contributed by atoms with Gasteiger partial charge in [-0.1, -0.05) is 12.1 Å². The zero-order valence-corrected chi connectivity index (χ0v) is 7.64. The minimum atomic E-state index is -0.249. The summed E-state index contributed by atoms with van der Waals surface area (Å²) in [5.74, 6) is 0. The lowest BCUT2D eigenvalue weighted by molar-refractivity contribution is 0.954. The van der Waals surface area contributed by atoms with Gasteiger partial charge in [0.25, 0.3) is 5.43 Å². The summed E-state index contributed by atoms with van der Waals surface area (Å²) in [6.45, 7) is 0. The Morgan fingerprint density at radius 2 is 2.07 bits per heavy atom. The Balaban J connectivity index is 3.04. The van der Waals surface area contributed by atoms with Crippen molar-refractivity contribution in [3.05, 3.63) is 45.7 Å². The molecule has 1 aromatic carbocycles. The van der Waals surface area contributed by atoms with Crippen LogP contribution in [0.1, 0.15) is 0 Å². The van der Waals surface area contributed by atoms with E-state index in [1.54, 1.807) is 23.7 Å². The van der Waals surface area contributed by atoms with Gasteiger partial charge in [0, 0.05) is 7.05 Å². The molecule has 0 amide bonds. The maximum Gasteiger partial charge on any atom is 0.448 e. The normalized spacial score (nSPS) is 10.0. The van der Waals surface area contributed by atoms with Gasteiger partial charge in [0.05, 0.1) is 10.9 Å². The monoisotopic (exact) mass is 186 g/mol. The van der Waals surface area contributed by atoms with Crippen molar-refractivity contribution in [3.8, 4) is 0 Å². The lowest BCUT2D eigenvalue weighted by atomic mass is 10.2. The second-order valence-corrected chi connectivity index (χ2v) is 3.07. The van der Waals surface area contributed by atoms with Crippen LogP contribution in [0.5, 0.6) is 0 Å². The van der Waals surface area contributed by atoms with Gasteiger partial charge in [-0.15, -0.1) is 0 Å². The van der Waals surface area contributed by atoms with Crippen molar-refractivity contribution in [3.63, 3.8) is 0 Å². The molecule has 0 unspecified atom stereocenters. The van der Waals surface area contributed by atoms with Gasteiger partial charge in [-0.2, -0.15) is 0 Å². The van der Waals surface area contributed by atoms with E-state index in [2.05, 4.69) is 4.98 Å². The number of aryl methyl sites for hydroxylation is 1. The summed E-state index contributed by atoms with van der Waals surface area (Å²) >= 11 is 0. The molecule has 4 heteroatoms. The van der Waals surface area contributed by atoms with E-state index in [1.807, 2.05) is 12.1 Å². The van der Waals surface area contributed by atoms with Gasteiger partial charge in [-0.3, -0.25) is 4.79 Å². The smallest absolute Gasteiger partial charge is 0.343 e. The summed E-state index contributed by atoms with van der Waals surface area (Å²) in [6.07, 6.45) is 1.50. The maximum absolute atomic E-state index is 11.6. The fraction of sp³-hybridized carbons (Fsp3) is 0.100. The minimum absolute atomic E-state index is 0.0613. The number of para-hydroxylation sites is 1. The summed E-state index contributed by atoms with van der Waals surface area (Å²) in [6, 6.07) is 7.20. The van der Waals surface area contributed by atoms with E-state index in [1.165, 1.54) is 6.20 Å². The lowest BCUT2D eigenvalue weighted by Crippen LogP contribution is -2.05. The van der Waals surface area contributed by atoms with Gasteiger partial charge in [-0.05, 0) is 12.1 Å². The first kappa shape index (κ1) is 8.45. The Bertz CT molecular complexity index is 592. The van der Waals surface area contributed by atoms with Crippen molar-refractivity contribution in [2.45, 2.75) is 0 Å². The second kappa shape index (κ2) is 2.96. The molecule has 0 fully saturated rings. The quantitative estimate of drug-likeness (QED) is 0.591. The molecule has 2 rings (SSSR count). The molecule has 0 aliphatic heterocycles. The second-order valence-electron chi connectivity index (χ2n) is 3.07. The highest BCUT2D eigenvalue weighted by atomic mass is 16.1. The predicted molar refractivity (Wildman–Crippen MR) is 53.9 cm³/mol. The molecule has 14 heavy (non-hydrogen) atoms. The maximum atomic E-state index is 11.6. The summed E-state index contributed by atoms with van der Waals surface area (Å²) in [5.41, 5.74) is 0.636. The van der Waals surface area contributed by atoms with E-state index in [0.29, 0.717) is 5.39 Å². The van der Waals surface area contributed by atoms with Crippen LogP contribution in [0.4, 0.5) is 5.69 Å². The van der Waals surface area contributed by atoms with Crippen molar-refractivity contribution in [1.29, 1.82) is 5.39 Å². The summed E-state index contributed by atoms with van der Waals surface area (Å²) < 4.78 is 1.76. The molecule has 0 spiro atoms. The molecule has 0 N–H and O–H groups in total. The molecule has 4 nitrogen and oxygen atoms in total. The van der Waals surface area contributed by atoms with Gasteiger partial charge in [-0.25, -0.2) is 0 Å². The van der Waals surface area contributed by atoms with Gasteiger partial charge >= 0.3 is 5.69 Å². The van der Waals surface area contributed by atoms with Gasteiger partial charge in [0.1, 0.15) is 6.20 Å². The van der Waals surface area contributed by atoms with Gasteiger partial charge in [0.15, 0.2) is 4.98 Å². The highest BCUT2D eigenvalue weighted by Crippen LogP contribution is 2.13. The number of rotatable bonds is 0. The van der Waals surface area contributed by atoms with E-state index < -0.39 is 0 Å². The summed E-state index contributed by atoms with van der Waals surface area (Å²) in [5, 5.41) is 9.17. The van der Waals surface area contributed by atoms with Crippen LogP contribution in [0.3, 0.4) is 0 Å². The number of benzene rings is 1. The Kier molecular flexibility index (Phi) is 1.79. The third kappa shape index (κ3) is 1.07. The number of aromatic nitrogens is 1. The van der Waals surface area contributed by atoms with Crippen LogP contribution in [0, 0.1) is 5.39 Å². The molecule has 1 aromatic heterocycles. The lowest BCUT2D eigenvalue weighted by Gasteiger charge is -2.00. The van der Waals surface area contributed by atoms with E-state index in [9.17, 15) is 4.79 Å². The van der Waals surface area contributed by atoms with Crippen molar-refractivity contribution in [2.75, 3.05) is 0 Å². The van der Waals surface area contributed by atoms with Crippen LogP contribution >= 0.6 is 0 Å². The van der Waals surface area contributed by atoms with Crippen molar-refractivity contribution < 1.29 is 0 Å². The van der Waals surface area contributed by atoms with Crippen LogP contribution in [0.2, 0.25) is 0 Å². The van der Waals surface area contributed by atoms with Crippen molar-refractivity contribution in [2.24, 2.45) is 7.05 Å². The van der Waals surface area contributed by atoms with E-state index in [0.717, 1.165) is 5.52 Å². The molecule has 2 aromatic rings. The Labute approximate surface area is 80.0 Å². The van der Waals surface area contributed by atoms with Crippen molar-refractivity contribution in [1.82, 2.24) is 4.57 Å². The molecule has 0 aliphatic carbocycles. The summed E-state index contributed by atoms with van der Waals surface area (Å²) in [4.78, 5) is 14.6. The number of hydrogen-bond donors (Lipinski definition) is 0. The topological polar surface area (TPSA) is 50.1 Å². The minimum Gasteiger partial charge on any atom is -0.343 e. The summed E-state index contributed by atoms with van der Waals surface area (Å²) in [7, 11) is 1.80. The highest BCUT2D eigenvalue weighted by Gasteiger charge is 2.15. The predicted octanol–water partition coefficient (Wildman–Crippen LogP) is 2.02. The molecule has 0 aliphatic rings. The molecule has 0 atom stereocenters. The molecular formula is C10H8N3O+. The zero-order chi connectivity index (χ0) is 10.1. The highest BCUT2D eigenvalue weighted by molar-refractivity contribution is 5.82. The number of hydrogen-bond acceptors (Lipinski definition) is 2. The Morgan fingerprint density at radius 1 is 1.36 bits per heavy atom. The van der Waals surface area contributed by atoms with Crippen LogP contribution in [0.15, 0.2) is 35.3 Å². The van der Waals surface area contributed by atoms with Crippen LogP contribution in [-0.4, -0.2) is 4.57 Å². The first-order valence-electron chi connectivity index (χ1n) is 4.17. The average Bonchev–Trinajstić information content (AvgIpc) is 2.23. The third-order valence-electron chi connectivity index (χ3n) is 2.18. The van der Waals surface area contributed by atoms with Crippen molar-refractivity contribution >= 4 is 16.6 Å². The standard InChI is InChI=1S/C10H8N3O/c1-13-6-8(12-11)10(14)7-4-2-3-5-9(7)13/h2-6H,1H3/q+1. The Morgan fingerprint density at radius 3 is 2.79 bits per heavy atom. The average molecular weight is 186 g/mol. The first-order valence-corrected chi connectivity index (χ1v) is 4.17. The molecule has 0 saturated heterocycles. The number of diazo groups is 1. The molecule has 0 bridgehead atoms. The third-order valence-corrected chi connectivity index (χ3v) is 2.18. The first-order chi connectivity index (χ1) is 6.74. The number of nitrogens with zero attached hydrogens (tertiary/aromatic N) is 3. The van der Waals surface area contributed by atoms with Gasteiger partial charge < -0.3 is 4.57 Å². The molecule has 0 radical (unpaired) electrons. The molecule has 68 valence electrons. The largest absolute Gasteiger partial charge is 0.448 e. The fourth-order valence-corrected chi connectivity index (χ4v) is 1.49. The van der Waals surface area contributed by atoms with E-state index >= 15 is 0 Å². The van der Waals surface area contributed by atoms with Gasteiger partial charge in [0.2, 0.25) is 5.39 Å². The fourth-order valence-electron chi connectivity index (χ4n) is 1.49.